The van der Waals surface area contributed by atoms with E-state index in [0.29, 0.717) is 37.2 Å². The molecule has 0 radical (unpaired) electrons. The summed E-state index contributed by atoms with van der Waals surface area (Å²) in [4.78, 5) is 34.8. The second kappa shape index (κ2) is 8.79. The summed E-state index contributed by atoms with van der Waals surface area (Å²) in [5.74, 6) is -1.08. The van der Waals surface area contributed by atoms with Crippen molar-refractivity contribution in [3.63, 3.8) is 0 Å². The minimum atomic E-state index is -0.666. The third-order valence-electron chi connectivity index (χ3n) is 6.82. The number of carbonyl (C=O) groups is 2. The van der Waals surface area contributed by atoms with Crippen molar-refractivity contribution in [3.8, 4) is 0 Å². The maximum absolute atomic E-state index is 14.0. The second-order valence-electron chi connectivity index (χ2n) is 9.44. The number of aromatic nitrogens is 2. The van der Waals surface area contributed by atoms with Crippen molar-refractivity contribution >= 4 is 28.5 Å². The van der Waals surface area contributed by atoms with Gasteiger partial charge in [0.05, 0.1) is 23.1 Å². The van der Waals surface area contributed by atoms with E-state index in [1.165, 1.54) is 12.1 Å². The largest absolute Gasteiger partial charge is 0.349 e. The zero-order chi connectivity index (χ0) is 23.9. The number of amides is 2. The highest BCUT2D eigenvalue weighted by atomic mass is 19.1. The van der Waals surface area contributed by atoms with E-state index in [9.17, 15) is 18.4 Å². The summed E-state index contributed by atoms with van der Waals surface area (Å²) in [7, 11) is 0. The molecule has 2 atom stereocenters. The summed E-state index contributed by atoms with van der Waals surface area (Å²) in [5, 5.41) is 6.07. The fourth-order valence-electron chi connectivity index (χ4n) is 5.46. The van der Waals surface area contributed by atoms with Crippen LogP contribution in [0.3, 0.4) is 0 Å². The highest BCUT2D eigenvalue weighted by Gasteiger charge is 2.49. The maximum Gasteiger partial charge on any atom is 0.238 e. The molecule has 178 valence electrons. The SMILES string of the molecule is Cc1nc2ccc(NC(=O)CN3C[C@@H](c4cc(F)cc(F)c4)[C@@]4(CCCCC(=O)N4)C3)cc2[nH]1. The van der Waals surface area contributed by atoms with Crippen molar-refractivity contribution in [3.05, 3.63) is 59.4 Å². The molecule has 2 aliphatic rings. The predicted octanol–water partition coefficient (Wildman–Crippen LogP) is 3.62. The lowest BCUT2D eigenvalue weighted by Gasteiger charge is -2.35. The molecule has 3 aromatic rings. The van der Waals surface area contributed by atoms with Crippen LogP contribution < -0.4 is 10.6 Å². The quantitative estimate of drug-likeness (QED) is 0.547. The zero-order valence-corrected chi connectivity index (χ0v) is 19.0. The molecule has 2 amide bonds. The summed E-state index contributed by atoms with van der Waals surface area (Å²) in [6, 6.07) is 8.99. The zero-order valence-electron chi connectivity index (χ0n) is 19.0. The van der Waals surface area contributed by atoms with Crippen LogP contribution in [0.15, 0.2) is 36.4 Å². The molecule has 5 rings (SSSR count). The highest BCUT2D eigenvalue weighted by molar-refractivity contribution is 5.94. The molecule has 2 saturated heterocycles. The van der Waals surface area contributed by atoms with Gasteiger partial charge in [-0.05, 0) is 55.7 Å². The van der Waals surface area contributed by atoms with Crippen LogP contribution in [0.25, 0.3) is 11.0 Å². The van der Waals surface area contributed by atoms with Gasteiger partial charge in [-0.25, -0.2) is 13.8 Å². The van der Waals surface area contributed by atoms with Gasteiger partial charge in [0.2, 0.25) is 11.8 Å². The number of H-pyrrole nitrogens is 1. The number of fused-ring (bicyclic) bond motifs is 1. The van der Waals surface area contributed by atoms with Crippen LogP contribution in [-0.2, 0) is 9.59 Å². The van der Waals surface area contributed by atoms with Gasteiger partial charge in [-0.3, -0.25) is 14.5 Å². The first-order chi connectivity index (χ1) is 16.3. The van der Waals surface area contributed by atoms with E-state index < -0.39 is 17.2 Å². The molecule has 0 bridgehead atoms. The first-order valence-corrected chi connectivity index (χ1v) is 11.6. The maximum atomic E-state index is 14.0. The molecule has 0 aliphatic carbocycles. The van der Waals surface area contributed by atoms with Crippen molar-refractivity contribution in [2.24, 2.45) is 0 Å². The Bertz CT molecular complexity index is 1240. The number of likely N-dealkylation sites (tertiary alicyclic amines) is 1. The molecule has 7 nitrogen and oxygen atoms in total. The van der Waals surface area contributed by atoms with Crippen LogP contribution in [0.5, 0.6) is 0 Å². The summed E-state index contributed by atoms with van der Waals surface area (Å²) in [6.45, 7) is 2.82. The smallest absolute Gasteiger partial charge is 0.238 e. The molecule has 3 heterocycles. The van der Waals surface area contributed by atoms with E-state index in [0.717, 1.165) is 35.8 Å². The number of nitrogens with zero attached hydrogens (tertiary/aromatic N) is 2. The molecule has 1 spiro atoms. The van der Waals surface area contributed by atoms with Gasteiger partial charge in [0.15, 0.2) is 0 Å². The van der Waals surface area contributed by atoms with Crippen LogP contribution in [-0.4, -0.2) is 51.9 Å². The van der Waals surface area contributed by atoms with Gasteiger partial charge in [0.1, 0.15) is 17.5 Å². The number of halogens is 2. The molecule has 2 fully saturated rings. The molecular formula is C25H27F2N5O2. The van der Waals surface area contributed by atoms with Crippen LogP contribution >= 0.6 is 0 Å². The molecule has 34 heavy (non-hydrogen) atoms. The molecule has 2 aliphatic heterocycles. The number of carbonyl (C=O) groups excluding carboxylic acids is 2. The van der Waals surface area contributed by atoms with E-state index in [2.05, 4.69) is 20.6 Å². The minimum Gasteiger partial charge on any atom is -0.349 e. The number of benzene rings is 2. The highest BCUT2D eigenvalue weighted by Crippen LogP contribution is 2.41. The van der Waals surface area contributed by atoms with E-state index >= 15 is 0 Å². The van der Waals surface area contributed by atoms with Crippen molar-refractivity contribution in [1.82, 2.24) is 20.2 Å². The fraction of sp³-hybridized carbons (Fsp3) is 0.400. The van der Waals surface area contributed by atoms with Gasteiger partial charge >= 0.3 is 0 Å². The van der Waals surface area contributed by atoms with Crippen LogP contribution in [0.4, 0.5) is 14.5 Å². The standard InChI is InChI=1S/C25H27F2N5O2/c1-15-28-21-6-5-19(11-22(21)29-15)30-24(34)13-32-12-20(16-8-17(26)10-18(27)9-16)25(14-32)7-3-2-4-23(33)31-25/h5-6,8-11,20H,2-4,7,12-14H2,1H3,(H,28,29)(H,30,34)(H,31,33)/t20-,25+/m0/s1. The Morgan fingerprint density at radius 1 is 1.21 bits per heavy atom. The molecule has 3 N–H and O–H groups in total. The topological polar surface area (TPSA) is 90.1 Å². The molecule has 1 aromatic heterocycles. The van der Waals surface area contributed by atoms with Crippen molar-refractivity contribution in [2.75, 3.05) is 25.0 Å². The van der Waals surface area contributed by atoms with Crippen LogP contribution in [0.2, 0.25) is 0 Å². The van der Waals surface area contributed by atoms with E-state index in [4.69, 9.17) is 0 Å². The molecule has 0 saturated carbocycles. The predicted molar refractivity (Wildman–Crippen MR) is 124 cm³/mol. The molecular weight excluding hydrogens is 440 g/mol. The van der Waals surface area contributed by atoms with Crippen molar-refractivity contribution in [1.29, 1.82) is 0 Å². The normalized spacial score (nSPS) is 23.3. The number of anilines is 1. The number of nitrogens with one attached hydrogen (secondary N) is 3. The Kier molecular flexibility index (Phi) is 5.81. The van der Waals surface area contributed by atoms with E-state index in [1.54, 1.807) is 6.07 Å². The number of hydrogen-bond donors (Lipinski definition) is 3. The lowest BCUT2D eigenvalue weighted by molar-refractivity contribution is -0.122. The van der Waals surface area contributed by atoms with Gasteiger partial charge in [-0.15, -0.1) is 0 Å². The summed E-state index contributed by atoms with van der Waals surface area (Å²) >= 11 is 0. The Labute approximate surface area is 195 Å². The third kappa shape index (κ3) is 4.52. The second-order valence-corrected chi connectivity index (χ2v) is 9.44. The first-order valence-electron chi connectivity index (χ1n) is 11.6. The number of aryl methyl sites for hydroxylation is 1. The Morgan fingerprint density at radius 2 is 2.00 bits per heavy atom. The fourth-order valence-corrected chi connectivity index (χ4v) is 5.46. The summed E-state index contributed by atoms with van der Waals surface area (Å²) in [6.07, 6.45) is 2.72. The van der Waals surface area contributed by atoms with E-state index in [1.807, 2.05) is 24.0 Å². The van der Waals surface area contributed by atoms with Crippen molar-refractivity contribution in [2.45, 2.75) is 44.1 Å². The van der Waals surface area contributed by atoms with Crippen molar-refractivity contribution < 1.29 is 18.4 Å². The minimum absolute atomic E-state index is 0.0613. The Morgan fingerprint density at radius 3 is 2.79 bits per heavy atom. The average Bonchev–Trinajstić information content (AvgIpc) is 3.22. The van der Waals surface area contributed by atoms with E-state index in [-0.39, 0.29) is 24.3 Å². The third-order valence-corrected chi connectivity index (χ3v) is 6.82. The van der Waals surface area contributed by atoms with Gasteiger partial charge in [-0.1, -0.05) is 6.42 Å². The Balaban J connectivity index is 1.36. The molecule has 9 heteroatoms. The lowest BCUT2D eigenvalue weighted by Crippen LogP contribution is -2.52. The number of imidazole rings is 1. The summed E-state index contributed by atoms with van der Waals surface area (Å²) in [5.41, 5.74) is 2.15. The van der Waals surface area contributed by atoms with Gasteiger partial charge in [0.25, 0.3) is 0 Å². The van der Waals surface area contributed by atoms with Gasteiger partial charge in [-0.2, -0.15) is 0 Å². The molecule has 0 unspecified atom stereocenters. The van der Waals surface area contributed by atoms with Gasteiger partial charge < -0.3 is 15.6 Å². The number of aromatic amines is 1. The lowest BCUT2D eigenvalue weighted by atomic mass is 9.79. The monoisotopic (exact) mass is 467 g/mol. The Hall–Kier alpha value is -3.33. The molecule has 2 aromatic carbocycles. The van der Waals surface area contributed by atoms with Crippen LogP contribution in [0, 0.1) is 18.6 Å². The average molecular weight is 468 g/mol. The number of hydrogen-bond acceptors (Lipinski definition) is 4. The number of rotatable bonds is 4. The first kappa shape index (κ1) is 22.5. The van der Waals surface area contributed by atoms with Crippen LogP contribution in [0.1, 0.15) is 43.0 Å². The van der Waals surface area contributed by atoms with Gasteiger partial charge in [0, 0.05) is 37.2 Å². The summed E-state index contributed by atoms with van der Waals surface area (Å²) < 4.78 is 28.1.